The van der Waals surface area contributed by atoms with E-state index < -0.39 is 27.8 Å². The lowest BCUT2D eigenvalue weighted by Crippen LogP contribution is -2.34. The van der Waals surface area contributed by atoms with Gasteiger partial charge in [0.25, 0.3) is 0 Å². The first-order valence-electron chi connectivity index (χ1n) is 12.5. The van der Waals surface area contributed by atoms with Crippen LogP contribution in [0.2, 0.25) is 0 Å². The van der Waals surface area contributed by atoms with E-state index in [9.17, 15) is 9.32 Å². The van der Waals surface area contributed by atoms with Crippen LogP contribution in [0.3, 0.4) is 0 Å². The normalized spacial score (nSPS) is 24.3. The Morgan fingerprint density at radius 2 is 1.71 bits per heavy atom. The second-order valence-electron chi connectivity index (χ2n) is 9.42. The summed E-state index contributed by atoms with van der Waals surface area (Å²) in [5.41, 5.74) is 3.88. The van der Waals surface area contributed by atoms with E-state index in [-0.39, 0.29) is 24.5 Å². The zero-order chi connectivity index (χ0) is 26.4. The van der Waals surface area contributed by atoms with Crippen LogP contribution in [-0.2, 0) is 19.2 Å². The fourth-order valence-electron chi connectivity index (χ4n) is 5.06. The summed E-state index contributed by atoms with van der Waals surface area (Å²) >= 11 is 0. The third-order valence-electron chi connectivity index (χ3n) is 7.19. The average molecular weight is 538 g/mol. The molecule has 8 nitrogen and oxygen atoms in total. The lowest BCUT2D eigenvalue weighted by atomic mass is 10.0. The molecule has 2 saturated heterocycles. The Morgan fingerprint density at radius 1 is 1.05 bits per heavy atom. The molecule has 10 heteroatoms. The summed E-state index contributed by atoms with van der Waals surface area (Å²) in [7, 11) is -0.795. The Balaban J connectivity index is 1.22. The van der Waals surface area contributed by atoms with E-state index in [4.69, 9.17) is 14.2 Å². The van der Waals surface area contributed by atoms with Gasteiger partial charge in [-0.05, 0) is 23.3 Å². The quantitative estimate of drug-likeness (QED) is 0.377. The molecule has 5 atom stereocenters. The molecular formula is C28H28FN3O5S. The van der Waals surface area contributed by atoms with Crippen LogP contribution in [0.5, 0.6) is 5.88 Å². The van der Waals surface area contributed by atoms with Crippen molar-refractivity contribution in [3.05, 3.63) is 66.5 Å². The van der Waals surface area contributed by atoms with Crippen molar-refractivity contribution in [1.82, 2.24) is 9.97 Å². The number of fused-ring (bicyclic) bond motifs is 2. The number of H-pyrrole nitrogens is 1. The predicted molar refractivity (Wildman–Crippen MR) is 142 cm³/mol. The Bertz CT molecular complexity index is 1600. The van der Waals surface area contributed by atoms with Crippen LogP contribution in [0.25, 0.3) is 33.4 Å². The minimum Gasteiger partial charge on any atom is -0.470 e. The zero-order valence-electron chi connectivity index (χ0n) is 21.0. The smallest absolute Gasteiger partial charge is 0.193 e. The Labute approximate surface area is 220 Å². The minimum absolute atomic E-state index is 0.220. The number of halogens is 1. The molecule has 2 fully saturated rings. The number of aromatic amines is 1. The topological polar surface area (TPSA) is 106 Å². The molecule has 2 aliphatic rings. The van der Waals surface area contributed by atoms with Crippen molar-refractivity contribution in [1.29, 1.82) is 0 Å². The van der Waals surface area contributed by atoms with Crippen molar-refractivity contribution in [2.45, 2.75) is 36.2 Å². The van der Waals surface area contributed by atoms with Gasteiger partial charge in [-0.25, -0.2) is 17.9 Å². The third-order valence-corrected chi connectivity index (χ3v) is 9.57. The number of aliphatic hydroxyl groups excluding tert-OH is 1. The van der Waals surface area contributed by atoms with Gasteiger partial charge in [0, 0.05) is 35.4 Å². The summed E-state index contributed by atoms with van der Waals surface area (Å²) in [6.45, 7) is 2.39. The van der Waals surface area contributed by atoms with Crippen LogP contribution in [0.4, 0.5) is 4.39 Å². The molecule has 0 bridgehead atoms. The van der Waals surface area contributed by atoms with Crippen LogP contribution < -0.4 is 4.74 Å². The van der Waals surface area contributed by atoms with Crippen molar-refractivity contribution in [2.24, 2.45) is 4.36 Å². The number of hydrogen-bond acceptors (Lipinski definition) is 7. The highest BCUT2D eigenvalue weighted by Crippen LogP contribution is 2.32. The molecule has 1 unspecified atom stereocenters. The molecule has 0 aliphatic carbocycles. The maximum absolute atomic E-state index is 15.1. The molecule has 198 valence electrons. The van der Waals surface area contributed by atoms with E-state index in [1.165, 1.54) is 6.07 Å². The lowest BCUT2D eigenvalue weighted by Gasteiger charge is -2.16. The first kappa shape index (κ1) is 25.0. The number of aromatic nitrogens is 2. The van der Waals surface area contributed by atoms with Gasteiger partial charge >= 0.3 is 0 Å². The molecule has 0 spiro atoms. The number of aliphatic hydroxyl groups is 1. The standard InChI is InChI=1S/C28H28FN3O5S/c1-3-38(34,30-2)19-10-8-17(9-11-19)16-4-6-18(7-5-16)26-20(29)12-21-22(32-26)13-25(31-21)37-24-15-36-27-23(33)14-35-28(24)27/h4-13,23-24,27-28,31,33H,3,14-15H2,1-2H3/t23-,24-,27-,28-,38?/m1/s1. The summed E-state index contributed by atoms with van der Waals surface area (Å²) in [5, 5.41) is 9.93. The van der Waals surface area contributed by atoms with Crippen molar-refractivity contribution in [3.63, 3.8) is 0 Å². The van der Waals surface area contributed by atoms with Crippen LogP contribution in [0.1, 0.15) is 6.92 Å². The Kier molecular flexibility index (Phi) is 6.43. The van der Waals surface area contributed by atoms with Crippen molar-refractivity contribution in [3.8, 4) is 28.3 Å². The van der Waals surface area contributed by atoms with Gasteiger partial charge in [0.05, 0.1) is 34.0 Å². The Morgan fingerprint density at radius 3 is 2.39 bits per heavy atom. The Hall–Kier alpha value is -3.31. The van der Waals surface area contributed by atoms with E-state index in [1.54, 1.807) is 13.1 Å². The van der Waals surface area contributed by atoms with Gasteiger partial charge in [-0.2, -0.15) is 0 Å². The lowest BCUT2D eigenvalue weighted by molar-refractivity contribution is 0.00794. The van der Waals surface area contributed by atoms with Gasteiger partial charge in [0.15, 0.2) is 17.8 Å². The van der Waals surface area contributed by atoms with Gasteiger partial charge in [-0.3, -0.25) is 0 Å². The maximum Gasteiger partial charge on any atom is 0.193 e. The first-order chi connectivity index (χ1) is 18.4. The van der Waals surface area contributed by atoms with E-state index in [1.807, 2.05) is 55.5 Å². The zero-order valence-corrected chi connectivity index (χ0v) is 21.8. The molecule has 2 N–H and O–H groups in total. The number of ether oxygens (including phenoxy) is 3. The van der Waals surface area contributed by atoms with Gasteiger partial charge < -0.3 is 24.3 Å². The van der Waals surface area contributed by atoms with Gasteiger partial charge in [0.2, 0.25) is 0 Å². The van der Waals surface area contributed by atoms with Crippen molar-refractivity contribution in [2.75, 3.05) is 26.0 Å². The maximum atomic E-state index is 15.1. The monoisotopic (exact) mass is 537 g/mol. The largest absolute Gasteiger partial charge is 0.470 e. The van der Waals surface area contributed by atoms with Crippen molar-refractivity contribution < 1.29 is 27.9 Å². The minimum atomic E-state index is -2.38. The number of pyridine rings is 1. The predicted octanol–water partition coefficient (Wildman–Crippen LogP) is 4.42. The average Bonchev–Trinajstić information content (AvgIpc) is 3.64. The first-order valence-corrected chi connectivity index (χ1v) is 14.2. The summed E-state index contributed by atoms with van der Waals surface area (Å²) in [5.74, 6) is 0.445. The van der Waals surface area contributed by atoms with E-state index in [2.05, 4.69) is 14.3 Å². The number of rotatable bonds is 6. The number of hydrogen-bond donors (Lipinski definition) is 2. The van der Waals surface area contributed by atoms with E-state index >= 15 is 4.39 Å². The van der Waals surface area contributed by atoms with Gasteiger partial charge in [-0.15, -0.1) is 0 Å². The highest BCUT2D eigenvalue weighted by Gasteiger charge is 2.48. The fraction of sp³-hybridized carbons (Fsp3) is 0.321. The van der Waals surface area contributed by atoms with Crippen LogP contribution in [-0.4, -0.2) is 69.7 Å². The molecule has 38 heavy (non-hydrogen) atoms. The van der Waals surface area contributed by atoms with Crippen LogP contribution in [0, 0.1) is 5.82 Å². The summed E-state index contributed by atoms with van der Waals surface area (Å²) in [4.78, 5) is 8.32. The highest BCUT2D eigenvalue weighted by atomic mass is 32.2. The van der Waals surface area contributed by atoms with E-state index in [0.717, 1.165) is 11.1 Å². The highest BCUT2D eigenvalue weighted by molar-refractivity contribution is 7.93. The molecule has 2 aliphatic heterocycles. The second kappa shape index (κ2) is 9.77. The number of nitrogens with one attached hydrogen (secondary N) is 1. The van der Waals surface area contributed by atoms with Gasteiger partial charge in [-0.1, -0.05) is 43.3 Å². The van der Waals surface area contributed by atoms with Crippen LogP contribution >= 0.6 is 0 Å². The molecular weight excluding hydrogens is 509 g/mol. The van der Waals surface area contributed by atoms with Crippen molar-refractivity contribution >= 4 is 20.8 Å². The SMILES string of the molecule is CCS(=O)(=NC)c1ccc(-c2ccc(-c3nc4cc(O[C@@H]5CO[C@H]6[C@@H]5OC[C@H]6O)[nH]c4cc3F)cc2)cc1. The second-order valence-corrected chi connectivity index (χ2v) is 12.1. The molecule has 2 aromatic carbocycles. The summed E-state index contributed by atoms with van der Waals surface area (Å²) in [6.07, 6.45) is -1.77. The number of benzene rings is 2. The van der Waals surface area contributed by atoms with Crippen LogP contribution in [0.15, 0.2) is 69.9 Å². The number of nitrogens with zero attached hydrogens (tertiary/aromatic N) is 2. The summed E-state index contributed by atoms with van der Waals surface area (Å²) in [6, 6.07) is 18.2. The molecule has 0 amide bonds. The molecule has 4 heterocycles. The molecule has 6 rings (SSSR count). The molecule has 0 radical (unpaired) electrons. The third kappa shape index (κ3) is 4.37. The fourth-order valence-corrected chi connectivity index (χ4v) is 6.43. The summed E-state index contributed by atoms with van der Waals surface area (Å²) < 4.78 is 49.2. The van der Waals surface area contributed by atoms with E-state index in [0.29, 0.717) is 39.7 Å². The molecule has 4 aromatic rings. The van der Waals surface area contributed by atoms with Gasteiger partial charge in [0.1, 0.15) is 24.0 Å². The molecule has 0 saturated carbocycles. The molecule has 2 aromatic heterocycles.